The molecule has 1 aliphatic rings. The van der Waals surface area contributed by atoms with Gasteiger partial charge in [0.25, 0.3) is 0 Å². The van der Waals surface area contributed by atoms with E-state index in [1.807, 2.05) is 20.8 Å². The van der Waals surface area contributed by atoms with Gasteiger partial charge in [0.1, 0.15) is 5.60 Å². The summed E-state index contributed by atoms with van der Waals surface area (Å²) in [4.78, 5) is 12.0. The number of rotatable bonds is 6. The molecule has 0 bridgehead atoms. The fraction of sp³-hybridized carbons (Fsp3) is 0.938. The van der Waals surface area contributed by atoms with Gasteiger partial charge >= 0.3 is 5.97 Å². The van der Waals surface area contributed by atoms with Gasteiger partial charge in [0.05, 0.1) is 12.0 Å². The van der Waals surface area contributed by atoms with Gasteiger partial charge in [0, 0.05) is 12.6 Å². The quantitative estimate of drug-likeness (QED) is 0.737. The molecule has 1 atom stereocenters. The number of hydrogen-bond donors (Lipinski definition) is 2. The number of aliphatic hydroxyl groups is 1. The standard InChI is InChI=1S/C16H31NO3/c1-5-6-14(18)11-17-13-9-7-12(8-10-13)15(19)20-16(2,3)4/h12-14,17-18H,5-11H2,1-4H3. The lowest BCUT2D eigenvalue weighted by atomic mass is 9.86. The van der Waals surface area contributed by atoms with Crippen LogP contribution in [0.25, 0.3) is 0 Å². The average molecular weight is 285 g/mol. The van der Waals surface area contributed by atoms with E-state index < -0.39 is 5.60 Å². The molecule has 4 heteroatoms. The number of ether oxygens (including phenoxy) is 1. The van der Waals surface area contributed by atoms with Crippen LogP contribution in [0.1, 0.15) is 66.2 Å². The molecule has 2 N–H and O–H groups in total. The summed E-state index contributed by atoms with van der Waals surface area (Å²) < 4.78 is 5.44. The molecule has 0 radical (unpaired) electrons. The van der Waals surface area contributed by atoms with Crippen molar-refractivity contribution in [3.8, 4) is 0 Å². The van der Waals surface area contributed by atoms with Crippen LogP contribution in [0.2, 0.25) is 0 Å². The molecular weight excluding hydrogens is 254 g/mol. The number of nitrogens with one attached hydrogen (secondary N) is 1. The van der Waals surface area contributed by atoms with E-state index in [0.717, 1.165) is 38.5 Å². The number of esters is 1. The molecule has 1 aliphatic carbocycles. The summed E-state index contributed by atoms with van der Waals surface area (Å²) >= 11 is 0. The van der Waals surface area contributed by atoms with Crippen LogP contribution in [0, 0.1) is 5.92 Å². The largest absolute Gasteiger partial charge is 0.460 e. The molecule has 0 spiro atoms. The van der Waals surface area contributed by atoms with Crippen molar-refractivity contribution in [2.24, 2.45) is 5.92 Å². The van der Waals surface area contributed by atoms with Crippen LogP contribution in [-0.4, -0.2) is 35.4 Å². The molecule has 4 nitrogen and oxygen atoms in total. The molecule has 1 saturated carbocycles. The maximum atomic E-state index is 12.0. The summed E-state index contributed by atoms with van der Waals surface area (Å²) in [6, 6.07) is 0.431. The van der Waals surface area contributed by atoms with Crippen molar-refractivity contribution in [1.82, 2.24) is 5.32 Å². The summed E-state index contributed by atoms with van der Waals surface area (Å²) in [5.74, 6) is -0.00481. The molecule has 0 heterocycles. The maximum absolute atomic E-state index is 12.0. The Hall–Kier alpha value is -0.610. The van der Waals surface area contributed by atoms with Gasteiger partial charge < -0.3 is 15.2 Å². The Bertz CT molecular complexity index is 291. The van der Waals surface area contributed by atoms with Crippen LogP contribution in [0.4, 0.5) is 0 Å². The first-order valence-corrected chi connectivity index (χ1v) is 7.96. The van der Waals surface area contributed by atoms with E-state index in [-0.39, 0.29) is 18.0 Å². The number of hydrogen-bond acceptors (Lipinski definition) is 4. The van der Waals surface area contributed by atoms with Crippen molar-refractivity contribution in [2.45, 2.75) is 84.0 Å². The van der Waals surface area contributed by atoms with Crippen molar-refractivity contribution in [2.75, 3.05) is 6.54 Å². The van der Waals surface area contributed by atoms with Crippen molar-refractivity contribution >= 4 is 5.97 Å². The van der Waals surface area contributed by atoms with E-state index in [2.05, 4.69) is 12.2 Å². The fourth-order valence-electron chi connectivity index (χ4n) is 2.66. The molecule has 1 rings (SSSR count). The van der Waals surface area contributed by atoms with E-state index in [9.17, 15) is 9.90 Å². The van der Waals surface area contributed by atoms with Gasteiger partial charge in [-0.25, -0.2) is 0 Å². The molecule has 0 aromatic rings. The third-order valence-corrected chi connectivity index (χ3v) is 3.73. The summed E-state index contributed by atoms with van der Waals surface area (Å²) in [7, 11) is 0. The van der Waals surface area contributed by atoms with E-state index in [1.54, 1.807) is 0 Å². The minimum Gasteiger partial charge on any atom is -0.460 e. The van der Waals surface area contributed by atoms with Gasteiger partial charge in [0.15, 0.2) is 0 Å². The molecule has 20 heavy (non-hydrogen) atoms. The van der Waals surface area contributed by atoms with Gasteiger partial charge in [-0.1, -0.05) is 13.3 Å². The molecule has 0 aromatic heterocycles. The van der Waals surface area contributed by atoms with Gasteiger partial charge in [-0.15, -0.1) is 0 Å². The van der Waals surface area contributed by atoms with E-state index in [1.165, 1.54) is 0 Å². The second-order valence-corrected chi connectivity index (χ2v) is 6.93. The lowest BCUT2D eigenvalue weighted by Gasteiger charge is -2.30. The first-order valence-electron chi connectivity index (χ1n) is 7.96. The molecule has 1 unspecified atom stereocenters. The predicted octanol–water partition coefficient (Wildman–Crippen LogP) is 2.64. The second kappa shape index (κ2) is 7.99. The number of aliphatic hydroxyl groups excluding tert-OH is 1. The highest BCUT2D eigenvalue weighted by Gasteiger charge is 2.29. The Labute approximate surface area is 123 Å². The number of carbonyl (C=O) groups excluding carboxylic acids is 1. The highest BCUT2D eigenvalue weighted by Crippen LogP contribution is 2.27. The highest BCUT2D eigenvalue weighted by atomic mass is 16.6. The van der Waals surface area contributed by atoms with Gasteiger partial charge in [-0.3, -0.25) is 4.79 Å². The molecule has 118 valence electrons. The second-order valence-electron chi connectivity index (χ2n) is 6.93. The lowest BCUT2D eigenvalue weighted by Crippen LogP contribution is -2.40. The van der Waals surface area contributed by atoms with Crippen LogP contribution in [-0.2, 0) is 9.53 Å². The molecule has 0 aromatic carbocycles. The van der Waals surface area contributed by atoms with Crippen molar-refractivity contribution < 1.29 is 14.6 Å². The van der Waals surface area contributed by atoms with Crippen LogP contribution in [0.5, 0.6) is 0 Å². The van der Waals surface area contributed by atoms with Gasteiger partial charge in [-0.2, -0.15) is 0 Å². The minimum atomic E-state index is -0.392. The summed E-state index contributed by atoms with van der Waals surface area (Å²) in [5.41, 5.74) is -0.392. The Morgan fingerprint density at radius 3 is 2.40 bits per heavy atom. The average Bonchev–Trinajstić information content (AvgIpc) is 2.35. The van der Waals surface area contributed by atoms with Gasteiger partial charge in [0.2, 0.25) is 0 Å². The zero-order valence-corrected chi connectivity index (χ0v) is 13.4. The predicted molar refractivity (Wildman–Crippen MR) is 80.5 cm³/mol. The van der Waals surface area contributed by atoms with Crippen molar-refractivity contribution in [3.63, 3.8) is 0 Å². The third-order valence-electron chi connectivity index (χ3n) is 3.73. The van der Waals surface area contributed by atoms with E-state index in [4.69, 9.17) is 4.74 Å². The minimum absolute atomic E-state index is 0.0489. The zero-order valence-electron chi connectivity index (χ0n) is 13.4. The molecule has 0 aliphatic heterocycles. The fourth-order valence-corrected chi connectivity index (χ4v) is 2.66. The Balaban J connectivity index is 2.24. The molecule has 0 amide bonds. The monoisotopic (exact) mass is 285 g/mol. The van der Waals surface area contributed by atoms with Crippen LogP contribution in [0.15, 0.2) is 0 Å². The first-order chi connectivity index (χ1) is 9.31. The van der Waals surface area contributed by atoms with E-state index >= 15 is 0 Å². The van der Waals surface area contributed by atoms with Crippen molar-refractivity contribution in [1.29, 1.82) is 0 Å². The third kappa shape index (κ3) is 6.71. The normalized spacial score (nSPS) is 25.2. The zero-order chi connectivity index (χ0) is 15.2. The Morgan fingerprint density at radius 2 is 1.90 bits per heavy atom. The maximum Gasteiger partial charge on any atom is 0.309 e. The molecule has 1 fully saturated rings. The van der Waals surface area contributed by atoms with Crippen LogP contribution in [0.3, 0.4) is 0 Å². The van der Waals surface area contributed by atoms with Crippen molar-refractivity contribution in [3.05, 3.63) is 0 Å². The summed E-state index contributed by atoms with van der Waals surface area (Å²) in [6.45, 7) is 8.47. The Morgan fingerprint density at radius 1 is 1.30 bits per heavy atom. The summed E-state index contributed by atoms with van der Waals surface area (Å²) in [6.07, 6.45) is 5.36. The Kier molecular flexibility index (Phi) is 6.96. The molecule has 0 saturated heterocycles. The summed E-state index contributed by atoms with van der Waals surface area (Å²) in [5, 5.41) is 13.1. The highest BCUT2D eigenvalue weighted by molar-refractivity contribution is 5.73. The SMILES string of the molecule is CCCC(O)CNC1CCC(C(=O)OC(C)(C)C)CC1. The topological polar surface area (TPSA) is 58.6 Å². The number of carbonyl (C=O) groups is 1. The molecular formula is C16H31NO3. The van der Waals surface area contributed by atoms with Crippen LogP contribution < -0.4 is 5.32 Å². The van der Waals surface area contributed by atoms with E-state index in [0.29, 0.717) is 12.6 Å². The smallest absolute Gasteiger partial charge is 0.309 e. The first kappa shape index (κ1) is 17.4. The van der Waals surface area contributed by atoms with Gasteiger partial charge in [-0.05, 0) is 52.9 Å². The van der Waals surface area contributed by atoms with Crippen LogP contribution >= 0.6 is 0 Å². The lowest BCUT2D eigenvalue weighted by molar-refractivity contribution is -0.161.